The van der Waals surface area contributed by atoms with Crippen molar-refractivity contribution in [2.75, 3.05) is 34.0 Å². The molecule has 0 radical (unpaired) electrons. The smallest absolute Gasteiger partial charge is 0.248 e. The van der Waals surface area contributed by atoms with E-state index in [4.69, 9.17) is 14.2 Å². The number of carbonyl (C=O) groups excluding carboxylic acids is 2. The largest absolute Gasteiger partial charge is 0.497 e. The number of hydrogen-bond donors (Lipinski definition) is 1. The van der Waals surface area contributed by atoms with E-state index in [-0.39, 0.29) is 24.9 Å². The Morgan fingerprint density at radius 2 is 1.87 bits per heavy atom. The van der Waals surface area contributed by atoms with E-state index < -0.39 is 11.6 Å². The molecule has 0 aliphatic rings. The number of aromatic nitrogens is 3. The SMILES string of the molecule is CCOCCCN(C(=O)Cn1nnc2ccccc21)C(C(=O)NC(C)(C)CC)c1cc(OC)ccc1OC. The highest BCUT2D eigenvalue weighted by Gasteiger charge is 2.36. The average Bonchev–Trinajstić information content (AvgIpc) is 3.32. The summed E-state index contributed by atoms with van der Waals surface area (Å²) in [6, 6.07) is 11.7. The number of para-hydroxylation sites is 1. The van der Waals surface area contributed by atoms with Crippen molar-refractivity contribution >= 4 is 22.8 Å². The number of benzene rings is 2. The molecule has 3 aromatic rings. The third-order valence-corrected chi connectivity index (χ3v) is 6.55. The maximum absolute atomic E-state index is 14.0. The van der Waals surface area contributed by atoms with Crippen LogP contribution in [0.5, 0.6) is 11.5 Å². The Morgan fingerprint density at radius 3 is 2.55 bits per heavy atom. The monoisotopic (exact) mass is 525 g/mol. The van der Waals surface area contributed by atoms with Gasteiger partial charge in [-0.25, -0.2) is 4.68 Å². The van der Waals surface area contributed by atoms with Gasteiger partial charge in [-0.05, 0) is 63.9 Å². The first kappa shape index (κ1) is 28.9. The van der Waals surface area contributed by atoms with Crippen molar-refractivity contribution in [1.29, 1.82) is 0 Å². The summed E-state index contributed by atoms with van der Waals surface area (Å²) < 4.78 is 18.2. The molecule has 2 aromatic carbocycles. The van der Waals surface area contributed by atoms with E-state index >= 15 is 0 Å². The third kappa shape index (κ3) is 7.00. The second-order valence-electron chi connectivity index (χ2n) is 9.61. The van der Waals surface area contributed by atoms with Gasteiger partial charge >= 0.3 is 0 Å². The van der Waals surface area contributed by atoms with Crippen LogP contribution in [0.4, 0.5) is 0 Å². The van der Waals surface area contributed by atoms with Gasteiger partial charge in [-0.1, -0.05) is 24.3 Å². The van der Waals surface area contributed by atoms with E-state index in [1.54, 1.807) is 42.0 Å². The first-order valence-corrected chi connectivity index (χ1v) is 12.9. The van der Waals surface area contributed by atoms with Gasteiger partial charge < -0.3 is 24.4 Å². The molecular formula is C28H39N5O5. The molecule has 38 heavy (non-hydrogen) atoms. The van der Waals surface area contributed by atoms with Crippen molar-refractivity contribution in [3.63, 3.8) is 0 Å². The van der Waals surface area contributed by atoms with Gasteiger partial charge in [0.1, 0.15) is 29.6 Å². The summed E-state index contributed by atoms with van der Waals surface area (Å²) >= 11 is 0. The zero-order chi connectivity index (χ0) is 27.7. The predicted octanol–water partition coefficient (Wildman–Crippen LogP) is 3.75. The van der Waals surface area contributed by atoms with Gasteiger partial charge in [0.15, 0.2) is 0 Å². The Morgan fingerprint density at radius 1 is 1.11 bits per heavy atom. The number of hydrogen-bond acceptors (Lipinski definition) is 7. The Kier molecular flexibility index (Phi) is 10.1. The minimum Gasteiger partial charge on any atom is -0.497 e. The first-order chi connectivity index (χ1) is 18.2. The fraction of sp³-hybridized carbons (Fsp3) is 0.500. The maximum atomic E-state index is 14.0. The average molecular weight is 526 g/mol. The second-order valence-corrected chi connectivity index (χ2v) is 9.61. The van der Waals surface area contributed by atoms with Crippen LogP contribution in [-0.2, 0) is 20.9 Å². The van der Waals surface area contributed by atoms with Gasteiger partial charge in [-0.2, -0.15) is 0 Å². The van der Waals surface area contributed by atoms with Gasteiger partial charge in [0, 0.05) is 30.9 Å². The molecule has 0 saturated carbocycles. The molecule has 1 heterocycles. The number of ether oxygens (including phenoxy) is 3. The lowest BCUT2D eigenvalue weighted by molar-refractivity contribution is -0.142. The number of nitrogens with zero attached hydrogens (tertiary/aromatic N) is 4. The molecule has 0 saturated heterocycles. The van der Waals surface area contributed by atoms with Gasteiger partial charge in [0.05, 0.1) is 19.7 Å². The van der Waals surface area contributed by atoms with Gasteiger partial charge in [-0.3, -0.25) is 9.59 Å². The highest BCUT2D eigenvalue weighted by molar-refractivity contribution is 5.90. The van der Waals surface area contributed by atoms with Gasteiger partial charge in [0.25, 0.3) is 0 Å². The van der Waals surface area contributed by atoms with Crippen molar-refractivity contribution in [2.45, 2.75) is 58.7 Å². The summed E-state index contributed by atoms with van der Waals surface area (Å²) in [6.45, 7) is 9.05. The lowest BCUT2D eigenvalue weighted by Gasteiger charge is -2.35. The standard InChI is InChI=1S/C28H39N5O5/c1-7-28(3,4)29-27(35)26(21-18-20(36-5)14-15-24(21)37-6)32(16-11-17-38-8-2)25(34)19-33-23-13-10-9-12-22(23)30-31-33/h9-10,12-15,18,26H,7-8,11,16-17,19H2,1-6H3,(H,29,35). The molecule has 206 valence electrons. The molecule has 10 heteroatoms. The molecule has 1 unspecified atom stereocenters. The molecule has 0 spiro atoms. The molecule has 0 aliphatic heterocycles. The zero-order valence-corrected chi connectivity index (χ0v) is 23.2. The molecule has 3 rings (SSSR count). The molecule has 0 fully saturated rings. The van der Waals surface area contributed by atoms with E-state index in [0.717, 1.165) is 5.52 Å². The van der Waals surface area contributed by atoms with E-state index in [0.29, 0.717) is 48.6 Å². The predicted molar refractivity (Wildman–Crippen MR) is 145 cm³/mol. The normalized spacial score (nSPS) is 12.3. The number of fused-ring (bicyclic) bond motifs is 1. The Labute approximate surface area is 224 Å². The fourth-order valence-corrected chi connectivity index (χ4v) is 4.13. The van der Waals surface area contributed by atoms with Crippen molar-refractivity contribution in [3.8, 4) is 11.5 Å². The minimum atomic E-state index is -0.977. The third-order valence-electron chi connectivity index (χ3n) is 6.55. The highest BCUT2D eigenvalue weighted by atomic mass is 16.5. The summed E-state index contributed by atoms with van der Waals surface area (Å²) in [5.74, 6) is 0.444. The number of carbonyl (C=O) groups is 2. The van der Waals surface area contributed by atoms with E-state index in [1.807, 2.05) is 52.0 Å². The first-order valence-electron chi connectivity index (χ1n) is 12.9. The highest BCUT2D eigenvalue weighted by Crippen LogP contribution is 2.34. The number of amides is 2. The number of nitrogens with one attached hydrogen (secondary N) is 1. The summed E-state index contributed by atoms with van der Waals surface area (Å²) in [5.41, 5.74) is 1.48. The summed E-state index contributed by atoms with van der Waals surface area (Å²) in [7, 11) is 3.10. The van der Waals surface area contributed by atoms with Gasteiger partial charge in [0.2, 0.25) is 11.8 Å². The van der Waals surface area contributed by atoms with Crippen molar-refractivity contribution in [2.24, 2.45) is 0 Å². The van der Waals surface area contributed by atoms with Crippen molar-refractivity contribution < 1.29 is 23.8 Å². The molecule has 1 N–H and O–H groups in total. The van der Waals surface area contributed by atoms with E-state index in [9.17, 15) is 9.59 Å². The summed E-state index contributed by atoms with van der Waals surface area (Å²) in [5, 5.41) is 11.5. The Bertz CT molecular complexity index is 1230. The van der Waals surface area contributed by atoms with Crippen LogP contribution in [-0.4, -0.2) is 71.2 Å². The van der Waals surface area contributed by atoms with E-state index in [1.165, 1.54) is 0 Å². The van der Waals surface area contributed by atoms with Crippen LogP contribution in [0.2, 0.25) is 0 Å². The molecule has 0 bridgehead atoms. The Balaban J connectivity index is 2.08. The van der Waals surface area contributed by atoms with Crippen LogP contribution >= 0.6 is 0 Å². The molecule has 1 aromatic heterocycles. The topological polar surface area (TPSA) is 108 Å². The lowest BCUT2D eigenvalue weighted by atomic mass is 9.97. The zero-order valence-electron chi connectivity index (χ0n) is 23.2. The van der Waals surface area contributed by atoms with Crippen LogP contribution in [0.3, 0.4) is 0 Å². The minimum absolute atomic E-state index is 0.0810. The lowest BCUT2D eigenvalue weighted by Crippen LogP contribution is -2.51. The quantitative estimate of drug-likeness (QED) is 0.319. The van der Waals surface area contributed by atoms with Crippen LogP contribution in [0.25, 0.3) is 11.0 Å². The second kappa shape index (κ2) is 13.2. The van der Waals surface area contributed by atoms with Crippen molar-refractivity contribution in [1.82, 2.24) is 25.2 Å². The molecule has 0 aliphatic carbocycles. The Hall–Kier alpha value is -3.66. The number of methoxy groups -OCH3 is 2. The van der Waals surface area contributed by atoms with Crippen LogP contribution < -0.4 is 14.8 Å². The molecule has 10 nitrogen and oxygen atoms in total. The molecular weight excluding hydrogens is 486 g/mol. The summed E-state index contributed by atoms with van der Waals surface area (Å²) in [4.78, 5) is 29.5. The fourth-order valence-electron chi connectivity index (χ4n) is 4.13. The van der Waals surface area contributed by atoms with Crippen LogP contribution in [0, 0.1) is 0 Å². The van der Waals surface area contributed by atoms with Gasteiger partial charge in [-0.15, -0.1) is 5.10 Å². The van der Waals surface area contributed by atoms with Crippen LogP contribution in [0.1, 0.15) is 52.1 Å². The van der Waals surface area contributed by atoms with Crippen LogP contribution in [0.15, 0.2) is 42.5 Å². The molecule has 2 amide bonds. The van der Waals surface area contributed by atoms with E-state index in [2.05, 4.69) is 15.6 Å². The summed E-state index contributed by atoms with van der Waals surface area (Å²) in [6.07, 6.45) is 1.26. The number of rotatable bonds is 14. The maximum Gasteiger partial charge on any atom is 0.248 e. The molecule has 1 atom stereocenters. The van der Waals surface area contributed by atoms with Crippen molar-refractivity contribution in [3.05, 3.63) is 48.0 Å².